The van der Waals surface area contributed by atoms with Crippen molar-refractivity contribution in [1.82, 2.24) is 0 Å². The van der Waals surface area contributed by atoms with Crippen LogP contribution in [0.2, 0.25) is 5.02 Å². The molecule has 0 saturated carbocycles. The van der Waals surface area contributed by atoms with Gasteiger partial charge < -0.3 is 10.5 Å². The van der Waals surface area contributed by atoms with Crippen LogP contribution in [0, 0.1) is 0 Å². The van der Waals surface area contributed by atoms with Crippen molar-refractivity contribution in [3.63, 3.8) is 0 Å². The second-order valence-electron chi connectivity index (χ2n) is 3.78. The molecule has 0 unspecified atom stereocenters. The molecule has 0 fully saturated rings. The Bertz CT molecular complexity index is 599. The van der Waals surface area contributed by atoms with E-state index in [1.165, 1.54) is 36.4 Å². The molecule has 2 rings (SSSR count). The molecule has 0 radical (unpaired) electrons. The van der Waals surface area contributed by atoms with Gasteiger partial charge >= 0.3 is 6.18 Å². The Kier molecular flexibility index (Phi) is 3.57. The lowest BCUT2D eigenvalue weighted by molar-refractivity contribution is -0.138. The molecule has 0 saturated heterocycles. The molecule has 0 aromatic heterocycles. The Morgan fingerprint density at radius 2 is 1.68 bits per heavy atom. The average molecular weight is 288 g/mol. The Morgan fingerprint density at radius 3 is 2.37 bits per heavy atom. The molecule has 0 bridgehead atoms. The first-order valence-electron chi connectivity index (χ1n) is 5.27. The molecule has 0 heterocycles. The summed E-state index contributed by atoms with van der Waals surface area (Å²) in [6.45, 7) is 0. The fourth-order valence-electron chi connectivity index (χ4n) is 1.50. The number of halogens is 4. The molecule has 2 nitrogen and oxygen atoms in total. The predicted octanol–water partition coefficient (Wildman–Crippen LogP) is 4.73. The summed E-state index contributed by atoms with van der Waals surface area (Å²) in [7, 11) is 0. The minimum absolute atomic E-state index is 0.0872. The van der Waals surface area contributed by atoms with Crippen LogP contribution >= 0.6 is 11.6 Å². The largest absolute Gasteiger partial charge is 0.455 e. The molecule has 19 heavy (non-hydrogen) atoms. The van der Waals surface area contributed by atoms with E-state index in [0.29, 0.717) is 5.02 Å². The Balaban J connectivity index is 2.41. The molecule has 6 heteroatoms. The van der Waals surface area contributed by atoms with Gasteiger partial charge in [-0.05, 0) is 24.3 Å². The zero-order valence-electron chi connectivity index (χ0n) is 9.54. The molecular formula is C13H9ClF3NO. The topological polar surface area (TPSA) is 35.2 Å². The Labute approximate surface area is 112 Å². The van der Waals surface area contributed by atoms with Crippen molar-refractivity contribution in [2.75, 3.05) is 5.73 Å². The maximum absolute atomic E-state index is 12.8. The summed E-state index contributed by atoms with van der Waals surface area (Å²) < 4.78 is 43.6. The van der Waals surface area contributed by atoms with Crippen molar-refractivity contribution < 1.29 is 17.9 Å². The molecule has 2 aromatic carbocycles. The maximum Gasteiger partial charge on any atom is 0.419 e. The summed E-state index contributed by atoms with van der Waals surface area (Å²) >= 11 is 5.75. The van der Waals surface area contributed by atoms with Gasteiger partial charge in [0.15, 0.2) is 5.75 Å². The normalized spacial score (nSPS) is 11.4. The predicted molar refractivity (Wildman–Crippen MR) is 67.4 cm³/mol. The first-order valence-corrected chi connectivity index (χ1v) is 5.65. The molecule has 100 valence electrons. The molecular weight excluding hydrogens is 279 g/mol. The van der Waals surface area contributed by atoms with Gasteiger partial charge in [0.25, 0.3) is 0 Å². The first-order chi connectivity index (χ1) is 8.88. The highest BCUT2D eigenvalue weighted by molar-refractivity contribution is 6.30. The van der Waals surface area contributed by atoms with E-state index in [2.05, 4.69) is 0 Å². The van der Waals surface area contributed by atoms with E-state index >= 15 is 0 Å². The summed E-state index contributed by atoms with van der Waals surface area (Å²) in [5.41, 5.74) is 4.97. The van der Waals surface area contributed by atoms with E-state index in [-0.39, 0.29) is 17.2 Å². The third-order valence-electron chi connectivity index (χ3n) is 2.39. The van der Waals surface area contributed by atoms with Gasteiger partial charge in [-0.2, -0.15) is 13.2 Å². The number of anilines is 1. The van der Waals surface area contributed by atoms with Gasteiger partial charge in [0.1, 0.15) is 5.75 Å². The van der Waals surface area contributed by atoms with Gasteiger partial charge in [-0.1, -0.05) is 23.7 Å². The first kappa shape index (κ1) is 13.5. The molecule has 0 aliphatic rings. The summed E-state index contributed by atoms with van der Waals surface area (Å²) in [6.07, 6.45) is -4.50. The van der Waals surface area contributed by atoms with Gasteiger partial charge in [0.05, 0.1) is 11.3 Å². The highest BCUT2D eigenvalue weighted by Crippen LogP contribution is 2.39. The quantitative estimate of drug-likeness (QED) is 0.810. The fraction of sp³-hybridized carbons (Fsp3) is 0.0769. The number of alkyl halides is 3. The van der Waals surface area contributed by atoms with Crippen molar-refractivity contribution in [2.24, 2.45) is 0 Å². The minimum atomic E-state index is -4.50. The second kappa shape index (κ2) is 5.01. The van der Waals surface area contributed by atoms with Crippen LogP contribution in [0.25, 0.3) is 0 Å². The smallest absolute Gasteiger partial charge is 0.419 e. The molecule has 0 aliphatic heterocycles. The van der Waals surface area contributed by atoms with Crippen LogP contribution in [0.3, 0.4) is 0 Å². The number of para-hydroxylation sites is 1. The van der Waals surface area contributed by atoms with Crippen LogP contribution in [0.4, 0.5) is 18.9 Å². The van der Waals surface area contributed by atoms with Gasteiger partial charge in [0, 0.05) is 11.1 Å². The highest BCUT2D eigenvalue weighted by atomic mass is 35.5. The summed E-state index contributed by atoms with van der Waals surface area (Å²) in [5.74, 6) is -0.229. The zero-order valence-corrected chi connectivity index (χ0v) is 10.3. The SMILES string of the molecule is Nc1ccc(Cl)cc1Oc1ccccc1C(F)(F)F. The third-order valence-corrected chi connectivity index (χ3v) is 2.62. The molecule has 2 N–H and O–H groups in total. The van der Waals surface area contributed by atoms with Crippen molar-refractivity contribution in [3.8, 4) is 11.5 Å². The van der Waals surface area contributed by atoms with Crippen molar-refractivity contribution >= 4 is 17.3 Å². The van der Waals surface area contributed by atoms with Gasteiger partial charge in [0.2, 0.25) is 0 Å². The van der Waals surface area contributed by atoms with Gasteiger partial charge in [-0.25, -0.2) is 0 Å². The number of nitrogens with two attached hydrogens (primary N) is 1. The fourth-order valence-corrected chi connectivity index (χ4v) is 1.67. The molecule has 0 amide bonds. The van der Waals surface area contributed by atoms with E-state index in [0.717, 1.165) is 6.07 Å². The van der Waals surface area contributed by atoms with Crippen LogP contribution in [0.15, 0.2) is 42.5 Å². The van der Waals surface area contributed by atoms with Gasteiger partial charge in [-0.15, -0.1) is 0 Å². The number of rotatable bonds is 2. The van der Waals surface area contributed by atoms with Crippen LogP contribution in [0.5, 0.6) is 11.5 Å². The summed E-state index contributed by atoms with van der Waals surface area (Å²) in [4.78, 5) is 0. The number of benzene rings is 2. The van der Waals surface area contributed by atoms with E-state index < -0.39 is 11.7 Å². The molecule has 0 spiro atoms. The number of hydrogen-bond acceptors (Lipinski definition) is 2. The lowest BCUT2D eigenvalue weighted by atomic mass is 10.2. The second-order valence-corrected chi connectivity index (χ2v) is 4.21. The van der Waals surface area contributed by atoms with Crippen LogP contribution < -0.4 is 10.5 Å². The average Bonchev–Trinajstić information content (AvgIpc) is 2.33. The number of hydrogen-bond donors (Lipinski definition) is 1. The Morgan fingerprint density at radius 1 is 1.00 bits per heavy atom. The number of nitrogen functional groups attached to an aromatic ring is 1. The zero-order chi connectivity index (χ0) is 14.0. The minimum Gasteiger partial charge on any atom is -0.455 e. The van der Waals surface area contributed by atoms with Crippen molar-refractivity contribution in [2.45, 2.75) is 6.18 Å². The van der Waals surface area contributed by atoms with E-state index in [9.17, 15) is 13.2 Å². The molecule has 0 atom stereocenters. The lowest BCUT2D eigenvalue weighted by Crippen LogP contribution is -2.07. The highest BCUT2D eigenvalue weighted by Gasteiger charge is 2.34. The van der Waals surface area contributed by atoms with E-state index in [1.807, 2.05) is 0 Å². The van der Waals surface area contributed by atoms with Gasteiger partial charge in [-0.3, -0.25) is 0 Å². The maximum atomic E-state index is 12.8. The van der Waals surface area contributed by atoms with Crippen molar-refractivity contribution in [3.05, 3.63) is 53.1 Å². The molecule has 0 aliphatic carbocycles. The lowest BCUT2D eigenvalue weighted by Gasteiger charge is -2.14. The van der Waals surface area contributed by atoms with E-state index in [4.69, 9.17) is 22.1 Å². The standard InChI is InChI=1S/C13H9ClF3NO/c14-8-5-6-10(18)12(7-8)19-11-4-2-1-3-9(11)13(15,16)17/h1-7H,18H2. The van der Waals surface area contributed by atoms with Crippen LogP contribution in [-0.2, 0) is 6.18 Å². The summed E-state index contributed by atoms with van der Waals surface area (Å²) in [6, 6.07) is 9.26. The summed E-state index contributed by atoms with van der Waals surface area (Å²) in [5, 5.41) is 0.327. The van der Waals surface area contributed by atoms with Crippen LogP contribution in [0.1, 0.15) is 5.56 Å². The molecule has 2 aromatic rings. The monoisotopic (exact) mass is 287 g/mol. The Hall–Kier alpha value is -1.88. The van der Waals surface area contributed by atoms with E-state index in [1.54, 1.807) is 0 Å². The van der Waals surface area contributed by atoms with Crippen LogP contribution in [-0.4, -0.2) is 0 Å². The number of ether oxygens (including phenoxy) is 1. The van der Waals surface area contributed by atoms with Crippen molar-refractivity contribution in [1.29, 1.82) is 0 Å². The third kappa shape index (κ3) is 3.12.